The van der Waals surface area contributed by atoms with Gasteiger partial charge in [-0.1, -0.05) is 391 Å². The first-order valence-electron chi connectivity index (χ1n) is 40.3. The number of nitrogens with one attached hydrogen (secondary N) is 1. The number of hydrogen-bond acceptors (Lipinski definition) is 5. The van der Waals surface area contributed by atoms with Crippen molar-refractivity contribution in [3.63, 3.8) is 0 Å². The fourth-order valence-electron chi connectivity index (χ4n) is 12.7. The number of esters is 1. The Bertz CT molecular complexity index is 1430. The Morgan fingerprint density at radius 1 is 0.307 bits per heavy atom. The van der Waals surface area contributed by atoms with Crippen LogP contribution in [0.15, 0.2) is 36.5 Å². The van der Waals surface area contributed by atoms with Crippen LogP contribution in [0.2, 0.25) is 0 Å². The van der Waals surface area contributed by atoms with Gasteiger partial charge in [0, 0.05) is 12.8 Å². The van der Waals surface area contributed by atoms with E-state index < -0.39 is 12.1 Å². The monoisotopic (exact) mass is 1240 g/mol. The van der Waals surface area contributed by atoms with Gasteiger partial charge in [0.1, 0.15) is 0 Å². The quantitative estimate of drug-likeness (QED) is 0.0320. The second-order valence-electron chi connectivity index (χ2n) is 27.7. The summed E-state index contributed by atoms with van der Waals surface area (Å²) >= 11 is 0. The van der Waals surface area contributed by atoms with Gasteiger partial charge >= 0.3 is 5.97 Å². The van der Waals surface area contributed by atoms with Crippen molar-refractivity contribution >= 4 is 11.9 Å². The maximum Gasteiger partial charge on any atom is 0.305 e. The Kier molecular flexibility index (Phi) is 75.8. The summed E-state index contributed by atoms with van der Waals surface area (Å²) in [6.45, 7) is 4.95. The SMILES string of the molecule is CCCCCCCC/C=C\CCCCCCCCCCCC(=O)OCCCCCCCCCCCCCC/C=C\CCCCCCCCCCCCCCCC(=O)NC(CO)C(O)/C=C/CCCCCCCCCCCCCCCCCCCCCCC. The maximum atomic E-state index is 12.6. The predicted molar refractivity (Wildman–Crippen MR) is 389 cm³/mol. The molecule has 0 aromatic rings. The van der Waals surface area contributed by atoms with Gasteiger partial charge in [-0.15, -0.1) is 0 Å². The Morgan fingerprint density at radius 2 is 0.534 bits per heavy atom. The van der Waals surface area contributed by atoms with E-state index in [-0.39, 0.29) is 18.5 Å². The fraction of sp³-hybridized carbons (Fsp3) is 0.902. The van der Waals surface area contributed by atoms with Gasteiger partial charge in [0.25, 0.3) is 0 Å². The fourth-order valence-corrected chi connectivity index (χ4v) is 12.7. The molecule has 0 aromatic carbocycles. The lowest BCUT2D eigenvalue weighted by Crippen LogP contribution is -2.45. The Balaban J connectivity index is 3.38. The molecule has 0 spiro atoms. The normalized spacial score (nSPS) is 12.6. The predicted octanol–water partition coefficient (Wildman–Crippen LogP) is 26.6. The molecule has 6 heteroatoms. The number of carbonyl (C=O) groups is 2. The minimum atomic E-state index is -0.846. The molecule has 0 bridgehead atoms. The molecular weight excluding hydrogens is 1080 g/mol. The van der Waals surface area contributed by atoms with E-state index in [1.165, 1.54) is 385 Å². The molecule has 0 aromatic heterocycles. The molecule has 0 aliphatic carbocycles. The highest BCUT2D eigenvalue weighted by molar-refractivity contribution is 5.76. The van der Waals surface area contributed by atoms with Crippen LogP contribution in [-0.2, 0) is 14.3 Å². The van der Waals surface area contributed by atoms with Gasteiger partial charge in [-0.3, -0.25) is 9.59 Å². The van der Waals surface area contributed by atoms with Crippen molar-refractivity contribution in [1.82, 2.24) is 5.32 Å². The molecule has 6 nitrogen and oxygen atoms in total. The highest BCUT2D eigenvalue weighted by Crippen LogP contribution is 2.20. The number of allylic oxidation sites excluding steroid dienone is 5. The summed E-state index contributed by atoms with van der Waals surface area (Å²) in [5.41, 5.74) is 0. The van der Waals surface area contributed by atoms with Crippen LogP contribution >= 0.6 is 0 Å². The van der Waals surface area contributed by atoms with Gasteiger partial charge in [-0.25, -0.2) is 0 Å². The average molecular weight is 1240 g/mol. The highest BCUT2D eigenvalue weighted by Gasteiger charge is 2.18. The summed E-state index contributed by atoms with van der Waals surface area (Å²) in [4.78, 5) is 24.7. The lowest BCUT2D eigenvalue weighted by Gasteiger charge is -2.20. The molecule has 0 radical (unpaired) electrons. The summed E-state index contributed by atoms with van der Waals surface area (Å²) < 4.78 is 5.52. The van der Waals surface area contributed by atoms with Gasteiger partial charge in [0.15, 0.2) is 0 Å². The van der Waals surface area contributed by atoms with Crippen molar-refractivity contribution in [2.45, 2.75) is 463 Å². The lowest BCUT2D eigenvalue weighted by molar-refractivity contribution is -0.143. The first kappa shape index (κ1) is 86.1. The van der Waals surface area contributed by atoms with E-state index in [4.69, 9.17) is 4.74 Å². The van der Waals surface area contributed by atoms with Gasteiger partial charge in [-0.05, 0) is 83.5 Å². The van der Waals surface area contributed by atoms with Crippen LogP contribution in [0.5, 0.6) is 0 Å². The van der Waals surface area contributed by atoms with Gasteiger partial charge in [0.05, 0.1) is 25.4 Å². The van der Waals surface area contributed by atoms with Crippen molar-refractivity contribution in [2.24, 2.45) is 0 Å². The molecule has 0 saturated carbocycles. The molecule has 1 amide bonds. The van der Waals surface area contributed by atoms with Crippen molar-refractivity contribution in [3.05, 3.63) is 36.5 Å². The van der Waals surface area contributed by atoms with Crippen LogP contribution in [0.4, 0.5) is 0 Å². The highest BCUT2D eigenvalue weighted by atomic mass is 16.5. The molecular formula is C82H157NO5. The van der Waals surface area contributed by atoms with E-state index >= 15 is 0 Å². The molecule has 2 atom stereocenters. The van der Waals surface area contributed by atoms with Crippen molar-refractivity contribution in [3.8, 4) is 0 Å². The van der Waals surface area contributed by atoms with Crippen LogP contribution in [-0.4, -0.2) is 47.4 Å². The summed E-state index contributed by atoms with van der Waals surface area (Å²) in [5, 5.41) is 23.3. The molecule has 0 heterocycles. The van der Waals surface area contributed by atoms with Crippen LogP contribution in [0.25, 0.3) is 0 Å². The lowest BCUT2D eigenvalue weighted by atomic mass is 10.0. The largest absolute Gasteiger partial charge is 0.466 e. The standard InChI is InChI=1S/C82H157NO5/c1-3-5-7-9-11-13-15-17-19-21-23-24-32-35-39-42-46-50-54-58-62-66-70-74-80(85)79(78-84)83-81(86)75-71-67-63-59-55-51-47-43-40-36-33-30-28-26-25-27-29-31-34-37-41-45-49-53-57-61-65-69-73-77-88-82(87)76-72-68-64-60-56-52-48-44-38-22-20-18-16-14-12-10-8-6-4-2/h18,20,25,27,70,74,79-80,84-85H,3-17,19,21-24,26,28-69,71-73,75-78H2,1-2H3,(H,83,86)/b20-18-,27-25-,74-70+. The zero-order valence-corrected chi connectivity index (χ0v) is 59.7. The molecule has 88 heavy (non-hydrogen) atoms. The molecule has 0 saturated heterocycles. The smallest absolute Gasteiger partial charge is 0.305 e. The molecule has 0 aliphatic rings. The molecule has 520 valence electrons. The minimum absolute atomic E-state index is 0.0167. The van der Waals surface area contributed by atoms with Crippen LogP contribution in [0.1, 0.15) is 450 Å². The van der Waals surface area contributed by atoms with Gasteiger partial charge < -0.3 is 20.3 Å². The number of aliphatic hydroxyl groups excluding tert-OH is 2. The number of unbranched alkanes of at least 4 members (excludes halogenated alkanes) is 61. The van der Waals surface area contributed by atoms with E-state index in [0.717, 1.165) is 38.5 Å². The van der Waals surface area contributed by atoms with Crippen LogP contribution in [0.3, 0.4) is 0 Å². The topological polar surface area (TPSA) is 95.9 Å². The number of ether oxygens (including phenoxy) is 1. The zero-order valence-electron chi connectivity index (χ0n) is 59.7. The van der Waals surface area contributed by atoms with Crippen molar-refractivity contribution < 1.29 is 24.5 Å². The van der Waals surface area contributed by atoms with E-state index in [0.29, 0.717) is 19.4 Å². The third kappa shape index (κ3) is 73.1. The van der Waals surface area contributed by atoms with E-state index in [9.17, 15) is 19.8 Å². The molecule has 2 unspecified atom stereocenters. The van der Waals surface area contributed by atoms with Crippen molar-refractivity contribution in [2.75, 3.05) is 13.2 Å². The first-order chi connectivity index (χ1) is 43.5. The number of amides is 1. The average Bonchev–Trinajstić information content (AvgIpc) is 3.58. The van der Waals surface area contributed by atoms with Gasteiger partial charge in [-0.2, -0.15) is 0 Å². The van der Waals surface area contributed by atoms with Crippen LogP contribution < -0.4 is 5.32 Å². The minimum Gasteiger partial charge on any atom is -0.466 e. The zero-order chi connectivity index (χ0) is 63.5. The Labute approximate surface area is 551 Å². The van der Waals surface area contributed by atoms with E-state index in [1.807, 2.05) is 6.08 Å². The number of hydrogen-bond donors (Lipinski definition) is 3. The first-order valence-corrected chi connectivity index (χ1v) is 40.3. The number of carbonyl (C=O) groups excluding carboxylic acids is 2. The summed E-state index contributed by atoms with van der Waals surface area (Å²) in [6.07, 6.45) is 101. The summed E-state index contributed by atoms with van der Waals surface area (Å²) in [7, 11) is 0. The van der Waals surface area contributed by atoms with E-state index in [1.54, 1.807) is 6.08 Å². The molecule has 3 N–H and O–H groups in total. The molecule has 0 fully saturated rings. The van der Waals surface area contributed by atoms with E-state index in [2.05, 4.69) is 43.5 Å². The second kappa shape index (κ2) is 77.5. The van der Waals surface area contributed by atoms with Gasteiger partial charge in [0.2, 0.25) is 5.91 Å². The third-order valence-corrected chi connectivity index (χ3v) is 18.9. The number of rotatable bonds is 76. The Morgan fingerprint density at radius 3 is 0.807 bits per heavy atom. The summed E-state index contributed by atoms with van der Waals surface area (Å²) in [6, 6.07) is -0.629. The Hall–Kier alpha value is -1.92. The second-order valence-corrected chi connectivity index (χ2v) is 27.7. The van der Waals surface area contributed by atoms with Crippen molar-refractivity contribution in [1.29, 1.82) is 0 Å². The molecule has 0 aliphatic heterocycles. The number of aliphatic hydroxyl groups is 2. The molecule has 0 rings (SSSR count). The van der Waals surface area contributed by atoms with Crippen LogP contribution in [0, 0.1) is 0 Å². The third-order valence-electron chi connectivity index (χ3n) is 18.9. The maximum absolute atomic E-state index is 12.6. The summed E-state index contributed by atoms with van der Waals surface area (Å²) in [5.74, 6) is -0.0457.